The van der Waals surface area contributed by atoms with Crippen LogP contribution in [-0.2, 0) is 11.3 Å². The minimum absolute atomic E-state index is 0.0387. The van der Waals surface area contributed by atoms with Gasteiger partial charge in [0.1, 0.15) is 23.1 Å². The van der Waals surface area contributed by atoms with Crippen molar-refractivity contribution in [3.63, 3.8) is 0 Å². The first-order chi connectivity index (χ1) is 11.7. The van der Waals surface area contributed by atoms with Crippen molar-refractivity contribution in [3.8, 4) is 17.6 Å². The molecule has 5 heteroatoms. The zero-order valence-corrected chi connectivity index (χ0v) is 13.6. The van der Waals surface area contributed by atoms with Gasteiger partial charge in [-0.3, -0.25) is 4.79 Å². The minimum Gasteiger partial charge on any atom is -0.497 e. The first-order valence-corrected chi connectivity index (χ1v) is 7.33. The van der Waals surface area contributed by atoms with Crippen molar-refractivity contribution in [1.82, 2.24) is 5.32 Å². The summed E-state index contributed by atoms with van der Waals surface area (Å²) in [6.07, 6.45) is 1.53. The number of hydrogen-bond acceptors (Lipinski definition) is 4. The van der Waals surface area contributed by atoms with Crippen molar-refractivity contribution < 1.29 is 14.3 Å². The predicted molar refractivity (Wildman–Crippen MR) is 91.4 cm³/mol. The summed E-state index contributed by atoms with van der Waals surface area (Å²) < 4.78 is 10.2. The van der Waals surface area contributed by atoms with Crippen LogP contribution in [0.3, 0.4) is 0 Å². The van der Waals surface area contributed by atoms with E-state index in [2.05, 4.69) is 5.32 Å². The second-order valence-corrected chi connectivity index (χ2v) is 4.98. The molecule has 2 aromatic carbocycles. The zero-order valence-electron chi connectivity index (χ0n) is 13.6. The molecule has 2 rings (SSSR count). The van der Waals surface area contributed by atoms with Crippen molar-refractivity contribution in [1.29, 1.82) is 5.26 Å². The van der Waals surface area contributed by atoms with E-state index in [1.54, 1.807) is 38.5 Å². The van der Waals surface area contributed by atoms with E-state index in [-0.39, 0.29) is 5.57 Å². The highest BCUT2D eigenvalue weighted by molar-refractivity contribution is 6.01. The van der Waals surface area contributed by atoms with Crippen LogP contribution in [0.2, 0.25) is 0 Å². The summed E-state index contributed by atoms with van der Waals surface area (Å²) in [7, 11) is 3.16. The fourth-order valence-corrected chi connectivity index (χ4v) is 2.07. The molecule has 0 saturated carbocycles. The Morgan fingerprint density at radius 3 is 2.46 bits per heavy atom. The van der Waals surface area contributed by atoms with E-state index in [1.165, 1.54) is 6.08 Å². The maximum atomic E-state index is 12.2. The average molecular weight is 322 g/mol. The molecule has 1 amide bonds. The highest BCUT2D eigenvalue weighted by Crippen LogP contribution is 2.15. The van der Waals surface area contributed by atoms with Crippen molar-refractivity contribution in [3.05, 3.63) is 65.2 Å². The summed E-state index contributed by atoms with van der Waals surface area (Å²) in [5, 5.41) is 12.0. The summed E-state index contributed by atoms with van der Waals surface area (Å²) in [5.74, 6) is 0.997. The Bertz CT molecular complexity index is 774. The second kappa shape index (κ2) is 8.39. The number of nitrogens with one attached hydrogen (secondary N) is 1. The molecule has 0 saturated heterocycles. The van der Waals surface area contributed by atoms with E-state index in [0.29, 0.717) is 12.3 Å². The van der Waals surface area contributed by atoms with Crippen LogP contribution >= 0.6 is 0 Å². The lowest BCUT2D eigenvalue weighted by Crippen LogP contribution is -2.23. The fraction of sp³-hybridized carbons (Fsp3) is 0.158. The van der Waals surface area contributed by atoms with Gasteiger partial charge >= 0.3 is 0 Å². The van der Waals surface area contributed by atoms with Crippen LogP contribution < -0.4 is 14.8 Å². The van der Waals surface area contributed by atoms with Crippen LogP contribution in [0.4, 0.5) is 0 Å². The molecule has 0 aliphatic heterocycles. The molecule has 24 heavy (non-hydrogen) atoms. The smallest absolute Gasteiger partial charge is 0.262 e. The third-order valence-corrected chi connectivity index (χ3v) is 3.38. The van der Waals surface area contributed by atoms with E-state index in [0.717, 1.165) is 16.9 Å². The summed E-state index contributed by atoms with van der Waals surface area (Å²) in [6.45, 7) is 0.333. The number of methoxy groups -OCH3 is 2. The normalized spacial score (nSPS) is 10.6. The Balaban J connectivity index is 2.05. The minimum atomic E-state index is -0.420. The molecule has 0 aromatic heterocycles. The number of nitriles is 1. The van der Waals surface area contributed by atoms with Crippen molar-refractivity contribution in [2.45, 2.75) is 6.54 Å². The Kier molecular flexibility index (Phi) is 5.98. The Labute approximate surface area is 141 Å². The van der Waals surface area contributed by atoms with Gasteiger partial charge in [0.25, 0.3) is 5.91 Å². The predicted octanol–water partition coefficient (Wildman–Crippen LogP) is 2.93. The number of rotatable bonds is 6. The molecule has 1 N–H and O–H groups in total. The lowest BCUT2D eigenvalue weighted by molar-refractivity contribution is -0.117. The van der Waals surface area contributed by atoms with Crippen molar-refractivity contribution in [2.24, 2.45) is 0 Å². The van der Waals surface area contributed by atoms with E-state index < -0.39 is 5.91 Å². The molecule has 122 valence electrons. The van der Waals surface area contributed by atoms with Crippen LogP contribution in [0.25, 0.3) is 6.08 Å². The molecule has 5 nitrogen and oxygen atoms in total. The summed E-state index contributed by atoms with van der Waals surface area (Å²) >= 11 is 0. The molecule has 0 spiro atoms. The second-order valence-electron chi connectivity index (χ2n) is 4.98. The van der Waals surface area contributed by atoms with Gasteiger partial charge < -0.3 is 14.8 Å². The number of carbonyl (C=O) groups excluding carboxylic acids is 1. The van der Waals surface area contributed by atoms with Gasteiger partial charge in [0.2, 0.25) is 0 Å². The van der Waals surface area contributed by atoms with Gasteiger partial charge in [0.15, 0.2) is 0 Å². The van der Waals surface area contributed by atoms with Crippen LogP contribution in [0.1, 0.15) is 11.1 Å². The summed E-state index contributed by atoms with van der Waals surface area (Å²) in [6, 6.07) is 16.4. The molecule has 0 atom stereocenters. The number of nitrogens with zero attached hydrogens (tertiary/aromatic N) is 1. The lowest BCUT2D eigenvalue weighted by atomic mass is 10.1. The van der Waals surface area contributed by atoms with Crippen molar-refractivity contribution in [2.75, 3.05) is 14.2 Å². The highest BCUT2D eigenvalue weighted by Gasteiger charge is 2.09. The molecule has 0 fully saturated rings. The van der Waals surface area contributed by atoms with Gasteiger partial charge in [-0.1, -0.05) is 24.3 Å². The average Bonchev–Trinajstić information content (AvgIpc) is 2.64. The largest absolute Gasteiger partial charge is 0.497 e. The zero-order chi connectivity index (χ0) is 17.4. The molecule has 2 aromatic rings. The van der Waals surface area contributed by atoms with Crippen LogP contribution in [-0.4, -0.2) is 20.1 Å². The fourth-order valence-electron chi connectivity index (χ4n) is 2.07. The number of hydrogen-bond donors (Lipinski definition) is 1. The first kappa shape index (κ1) is 17.1. The van der Waals surface area contributed by atoms with Crippen LogP contribution in [0, 0.1) is 11.3 Å². The van der Waals surface area contributed by atoms with Gasteiger partial charge in [-0.2, -0.15) is 5.26 Å². The monoisotopic (exact) mass is 322 g/mol. The van der Waals surface area contributed by atoms with Gasteiger partial charge in [0, 0.05) is 6.54 Å². The molecule has 0 aliphatic rings. The topological polar surface area (TPSA) is 71.3 Å². The molecular formula is C19H18N2O3. The van der Waals surface area contributed by atoms with Gasteiger partial charge in [-0.05, 0) is 41.5 Å². The number of amides is 1. The third-order valence-electron chi connectivity index (χ3n) is 3.38. The SMILES string of the molecule is COc1ccc(CNC(=O)/C(C#N)=C\c2cccc(OC)c2)cc1. The molecule has 0 radical (unpaired) electrons. The van der Waals surface area contributed by atoms with E-state index in [1.807, 2.05) is 30.3 Å². The van der Waals surface area contributed by atoms with Crippen LogP contribution in [0.15, 0.2) is 54.1 Å². The number of carbonyl (C=O) groups is 1. The van der Waals surface area contributed by atoms with Crippen molar-refractivity contribution >= 4 is 12.0 Å². The van der Waals surface area contributed by atoms with Gasteiger partial charge in [0.05, 0.1) is 14.2 Å². The Morgan fingerprint density at radius 1 is 1.12 bits per heavy atom. The Hall–Kier alpha value is -3.26. The maximum Gasteiger partial charge on any atom is 0.262 e. The summed E-state index contributed by atoms with van der Waals surface area (Å²) in [4.78, 5) is 12.2. The third kappa shape index (κ3) is 4.62. The van der Waals surface area contributed by atoms with E-state index in [9.17, 15) is 10.1 Å². The van der Waals surface area contributed by atoms with Gasteiger partial charge in [-0.25, -0.2) is 0 Å². The Morgan fingerprint density at radius 2 is 1.83 bits per heavy atom. The van der Waals surface area contributed by atoms with Crippen LogP contribution in [0.5, 0.6) is 11.5 Å². The van der Waals surface area contributed by atoms with Gasteiger partial charge in [-0.15, -0.1) is 0 Å². The van der Waals surface area contributed by atoms with E-state index >= 15 is 0 Å². The molecule has 0 aliphatic carbocycles. The lowest BCUT2D eigenvalue weighted by Gasteiger charge is -2.06. The molecule has 0 heterocycles. The number of ether oxygens (including phenoxy) is 2. The molecular weight excluding hydrogens is 304 g/mol. The first-order valence-electron chi connectivity index (χ1n) is 7.33. The highest BCUT2D eigenvalue weighted by atomic mass is 16.5. The summed E-state index contributed by atoms with van der Waals surface area (Å²) in [5.41, 5.74) is 1.69. The van der Waals surface area contributed by atoms with E-state index in [4.69, 9.17) is 9.47 Å². The molecule has 0 bridgehead atoms. The molecule has 0 unspecified atom stereocenters. The quantitative estimate of drug-likeness (QED) is 0.655. The standard InChI is InChI=1S/C19H18N2O3/c1-23-17-8-6-14(7-9-17)13-21-19(22)16(12-20)10-15-4-3-5-18(11-15)24-2/h3-11H,13H2,1-2H3,(H,21,22)/b16-10-. The maximum absolute atomic E-state index is 12.2. The number of benzene rings is 2.